The lowest BCUT2D eigenvalue weighted by Gasteiger charge is -2.07. The number of nitrogens with two attached hydrogens (primary N) is 1. The molecule has 20 heavy (non-hydrogen) atoms. The number of amides is 1. The summed E-state index contributed by atoms with van der Waals surface area (Å²) in [6, 6.07) is 8.11. The van der Waals surface area contributed by atoms with Crippen LogP contribution >= 0.6 is 23.6 Å². The number of benzene rings is 1. The summed E-state index contributed by atoms with van der Waals surface area (Å²) >= 11 is 6.18. The van der Waals surface area contributed by atoms with Gasteiger partial charge in [-0.15, -0.1) is 11.3 Å². The Morgan fingerprint density at radius 2 is 2.15 bits per heavy atom. The Morgan fingerprint density at radius 3 is 2.70 bits per heavy atom. The number of carbonyl (C=O) groups is 1. The maximum absolute atomic E-state index is 13.8. The fourth-order valence-electron chi connectivity index (χ4n) is 1.66. The number of halogens is 1. The summed E-state index contributed by atoms with van der Waals surface area (Å²) in [5.74, 6) is -0.640. The Balaban J connectivity index is 2.04. The van der Waals surface area contributed by atoms with Gasteiger partial charge < -0.3 is 11.1 Å². The smallest absolute Gasteiger partial charge is 0.261 e. The molecule has 1 aromatic heterocycles. The fraction of sp³-hybridized carbons (Fsp3) is 0.143. The van der Waals surface area contributed by atoms with Gasteiger partial charge in [-0.1, -0.05) is 24.4 Å². The predicted molar refractivity (Wildman–Crippen MR) is 82.5 cm³/mol. The first-order valence-electron chi connectivity index (χ1n) is 5.90. The number of rotatable bonds is 4. The average Bonchev–Trinajstić information content (AvgIpc) is 2.83. The lowest BCUT2D eigenvalue weighted by Crippen LogP contribution is -2.22. The van der Waals surface area contributed by atoms with Gasteiger partial charge >= 0.3 is 0 Å². The van der Waals surface area contributed by atoms with Crippen molar-refractivity contribution < 1.29 is 9.18 Å². The molecular formula is C14H13FN2OS2. The van der Waals surface area contributed by atoms with Crippen LogP contribution in [0.4, 0.5) is 4.39 Å². The summed E-state index contributed by atoms with van der Waals surface area (Å²) < 4.78 is 13.8. The average molecular weight is 308 g/mol. The van der Waals surface area contributed by atoms with Gasteiger partial charge in [0.05, 0.1) is 4.88 Å². The molecule has 1 heterocycles. The summed E-state index contributed by atoms with van der Waals surface area (Å²) in [5.41, 5.74) is 6.30. The van der Waals surface area contributed by atoms with E-state index < -0.39 is 5.82 Å². The van der Waals surface area contributed by atoms with Crippen molar-refractivity contribution in [2.24, 2.45) is 5.73 Å². The van der Waals surface area contributed by atoms with E-state index in [0.29, 0.717) is 16.0 Å². The van der Waals surface area contributed by atoms with Crippen molar-refractivity contribution in [2.75, 3.05) is 0 Å². The van der Waals surface area contributed by atoms with E-state index in [1.807, 2.05) is 13.0 Å². The Morgan fingerprint density at radius 1 is 1.40 bits per heavy atom. The molecule has 0 aliphatic heterocycles. The summed E-state index contributed by atoms with van der Waals surface area (Å²) in [4.78, 5) is 13.7. The largest absolute Gasteiger partial charge is 0.389 e. The second kappa shape index (κ2) is 6.11. The van der Waals surface area contributed by atoms with Gasteiger partial charge in [0.2, 0.25) is 0 Å². The first kappa shape index (κ1) is 14.6. The topological polar surface area (TPSA) is 55.1 Å². The molecule has 0 saturated heterocycles. The van der Waals surface area contributed by atoms with Crippen LogP contribution in [0.3, 0.4) is 0 Å². The van der Waals surface area contributed by atoms with Crippen LogP contribution in [0.1, 0.15) is 25.7 Å². The normalized spacial score (nSPS) is 10.3. The number of hydrogen-bond donors (Lipinski definition) is 2. The SMILES string of the molecule is Cc1ccc(C(=O)NCc2ccc(C(N)=S)cc2F)s1. The van der Waals surface area contributed by atoms with Crippen molar-refractivity contribution >= 4 is 34.5 Å². The van der Waals surface area contributed by atoms with Crippen LogP contribution in [-0.4, -0.2) is 10.9 Å². The molecule has 0 aliphatic carbocycles. The van der Waals surface area contributed by atoms with Gasteiger partial charge in [0.15, 0.2) is 0 Å². The highest BCUT2D eigenvalue weighted by Crippen LogP contribution is 2.15. The molecule has 0 bridgehead atoms. The monoisotopic (exact) mass is 308 g/mol. The molecular weight excluding hydrogens is 295 g/mol. The molecule has 0 aliphatic rings. The van der Waals surface area contributed by atoms with Crippen molar-refractivity contribution in [2.45, 2.75) is 13.5 Å². The zero-order valence-electron chi connectivity index (χ0n) is 10.8. The molecule has 1 aromatic carbocycles. The first-order chi connectivity index (χ1) is 9.47. The molecule has 0 fully saturated rings. The number of carbonyl (C=O) groups excluding carboxylic acids is 1. The Hall–Kier alpha value is -1.79. The highest BCUT2D eigenvalue weighted by molar-refractivity contribution is 7.80. The number of nitrogens with one attached hydrogen (secondary N) is 1. The standard InChI is InChI=1S/C14H13FN2OS2/c1-8-2-5-12(20-8)14(18)17-7-10-4-3-9(13(16)19)6-11(10)15/h2-6H,7H2,1H3,(H2,16,19)(H,17,18). The van der Waals surface area contributed by atoms with Gasteiger partial charge in [-0.2, -0.15) is 0 Å². The maximum Gasteiger partial charge on any atom is 0.261 e. The van der Waals surface area contributed by atoms with Crippen molar-refractivity contribution in [3.8, 4) is 0 Å². The minimum atomic E-state index is -0.432. The Labute approximate surface area is 125 Å². The molecule has 0 saturated carbocycles. The van der Waals surface area contributed by atoms with Crippen LogP contribution in [-0.2, 0) is 6.54 Å². The summed E-state index contributed by atoms with van der Waals surface area (Å²) in [5, 5.41) is 2.69. The van der Waals surface area contributed by atoms with Crippen molar-refractivity contribution in [3.05, 3.63) is 57.0 Å². The van der Waals surface area contributed by atoms with Crippen LogP contribution in [0.5, 0.6) is 0 Å². The molecule has 104 valence electrons. The van der Waals surface area contributed by atoms with Gasteiger partial charge in [0, 0.05) is 22.5 Å². The fourth-order valence-corrected chi connectivity index (χ4v) is 2.57. The van der Waals surface area contributed by atoms with Gasteiger partial charge in [-0.25, -0.2) is 4.39 Å². The van der Waals surface area contributed by atoms with E-state index in [9.17, 15) is 9.18 Å². The molecule has 6 heteroatoms. The van der Waals surface area contributed by atoms with Crippen LogP contribution in [0.15, 0.2) is 30.3 Å². The lowest BCUT2D eigenvalue weighted by atomic mass is 10.1. The summed E-state index contributed by atoms with van der Waals surface area (Å²) in [6.07, 6.45) is 0. The van der Waals surface area contributed by atoms with Gasteiger partial charge in [0.25, 0.3) is 5.91 Å². The highest BCUT2D eigenvalue weighted by atomic mass is 32.1. The minimum absolute atomic E-state index is 0.124. The summed E-state index contributed by atoms with van der Waals surface area (Å²) in [6.45, 7) is 2.05. The van der Waals surface area contributed by atoms with E-state index in [4.69, 9.17) is 18.0 Å². The van der Waals surface area contributed by atoms with Gasteiger partial charge in [0.1, 0.15) is 10.8 Å². The third-order valence-corrected chi connectivity index (χ3v) is 3.98. The third-order valence-electron chi connectivity index (χ3n) is 2.74. The van der Waals surface area contributed by atoms with E-state index in [1.54, 1.807) is 18.2 Å². The second-order valence-corrected chi connectivity index (χ2v) is 5.99. The third kappa shape index (κ3) is 3.40. The summed E-state index contributed by atoms with van der Waals surface area (Å²) in [7, 11) is 0. The molecule has 3 nitrogen and oxygen atoms in total. The van der Waals surface area contributed by atoms with Crippen molar-refractivity contribution in [1.29, 1.82) is 0 Å². The van der Waals surface area contributed by atoms with Gasteiger partial charge in [-0.05, 0) is 25.1 Å². The molecule has 2 aromatic rings. The number of hydrogen-bond acceptors (Lipinski definition) is 3. The predicted octanol–water partition coefficient (Wildman–Crippen LogP) is 2.76. The molecule has 0 radical (unpaired) electrons. The molecule has 3 N–H and O–H groups in total. The van der Waals surface area contributed by atoms with Crippen LogP contribution in [0, 0.1) is 12.7 Å². The first-order valence-corrected chi connectivity index (χ1v) is 7.12. The number of thiophene rings is 1. The van der Waals surface area contributed by atoms with Crippen LogP contribution < -0.4 is 11.1 Å². The van der Waals surface area contributed by atoms with Crippen LogP contribution in [0.2, 0.25) is 0 Å². The van der Waals surface area contributed by atoms with E-state index >= 15 is 0 Å². The maximum atomic E-state index is 13.8. The lowest BCUT2D eigenvalue weighted by molar-refractivity contribution is 0.0954. The quantitative estimate of drug-likeness (QED) is 0.854. The van der Waals surface area contributed by atoms with Crippen molar-refractivity contribution in [1.82, 2.24) is 5.32 Å². The van der Waals surface area contributed by atoms with E-state index in [0.717, 1.165) is 4.88 Å². The van der Waals surface area contributed by atoms with E-state index in [-0.39, 0.29) is 17.4 Å². The molecule has 1 amide bonds. The van der Waals surface area contributed by atoms with Gasteiger partial charge in [-0.3, -0.25) is 4.79 Å². The second-order valence-electron chi connectivity index (χ2n) is 4.26. The molecule has 2 rings (SSSR count). The molecule has 0 unspecified atom stereocenters. The number of aryl methyl sites for hydroxylation is 1. The Kier molecular flexibility index (Phi) is 4.46. The molecule has 0 spiro atoms. The highest BCUT2D eigenvalue weighted by Gasteiger charge is 2.10. The molecule has 0 atom stereocenters. The van der Waals surface area contributed by atoms with Crippen LogP contribution in [0.25, 0.3) is 0 Å². The zero-order chi connectivity index (χ0) is 14.7. The Bertz CT molecular complexity index is 667. The minimum Gasteiger partial charge on any atom is -0.389 e. The zero-order valence-corrected chi connectivity index (χ0v) is 12.4. The van der Waals surface area contributed by atoms with E-state index in [1.165, 1.54) is 17.4 Å². The van der Waals surface area contributed by atoms with Crippen molar-refractivity contribution in [3.63, 3.8) is 0 Å². The number of thiocarbonyl (C=S) groups is 1. The van der Waals surface area contributed by atoms with E-state index in [2.05, 4.69) is 5.32 Å².